The van der Waals surface area contributed by atoms with Gasteiger partial charge in [0.25, 0.3) is 0 Å². The van der Waals surface area contributed by atoms with E-state index in [9.17, 15) is 0 Å². The Morgan fingerprint density at radius 3 is 2.36 bits per heavy atom. The molecular formula is C7H15NO3. The van der Waals surface area contributed by atoms with Gasteiger partial charge in [0, 0.05) is 6.54 Å². The first kappa shape index (κ1) is 10.6. The molecule has 0 aliphatic rings. The molecule has 0 aromatic heterocycles. The van der Waals surface area contributed by atoms with Crippen LogP contribution in [0.2, 0.25) is 0 Å². The van der Waals surface area contributed by atoms with Crippen molar-refractivity contribution >= 4 is 0 Å². The molecule has 0 saturated heterocycles. The zero-order valence-corrected chi connectivity index (χ0v) is 6.83. The van der Waals surface area contributed by atoms with Crippen LogP contribution in [0.1, 0.15) is 13.8 Å². The van der Waals surface area contributed by atoms with Crippen molar-refractivity contribution in [2.75, 3.05) is 6.54 Å². The fourth-order valence-electron chi connectivity index (χ4n) is 0.441. The summed E-state index contributed by atoms with van der Waals surface area (Å²) < 4.78 is 0. The molecule has 0 spiro atoms. The van der Waals surface area contributed by atoms with Gasteiger partial charge in [-0.05, 0) is 19.4 Å². The highest BCUT2D eigenvalue weighted by atomic mass is 16.5. The highest BCUT2D eigenvalue weighted by molar-refractivity contribution is 5.00. The molecule has 4 nitrogen and oxygen atoms in total. The molecule has 0 bridgehead atoms. The van der Waals surface area contributed by atoms with Gasteiger partial charge in [-0.1, -0.05) is 6.58 Å². The van der Waals surface area contributed by atoms with Crippen molar-refractivity contribution in [2.24, 2.45) is 0 Å². The van der Waals surface area contributed by atoms with Crippen LogP contribution in [-0.2, 0) is 0 Å². The standard InChI is InChI=1S/C7H15NO3/c1-5(2)7(10,11)8-4-6(3)9/h6,8-11H,1,4H2,2-3H3/t6-/m1/s1. The Bertz CT molecular complexity index is 143. The second kappa shape index (κ2) is 3.82. The smallest absolute Gasteiger partial charge is 0.246 e. The molecule has 4 N–H and O–H groups in total. The Hall–Kier alpha value is -0.420. The topological polar surface area (TPSA) is 72.7 Å². The minimum Gasteiger partial charge on any atom is -0.392 e. The number of hydrogen-bond acceptors (Lipinski definition) is 4. The first-order valence-electron chi connectivity index (χ1n) is 3.40. The fourth-order valence-corrected chi connectivity index (χ4v) is 0.441. The lowest BCUT2D eigenvalue weighted by Gasteiger charge is -2.23. The Kier molecular flexibility index (Phi) is 3.68. The molecule has 0 saturated carbocycles. The summed E-state index contributed by atoms with van der Waals surface area (Å²) in [5.74, 6) is -2.07. The van der Waals surface area contributed by atoms with Crippen molar-refractivity contribution in [3.8, 4) is 0 Å². The predicted octanol–water partition coefficient (Wildman–Crippen LogP) is -0.829. The lowest BCUT2D eigenvalue weighted by Crippen LogP contribution is -2.48. The number of nitrogens with one attached hydrogen (secondary N) is 1. The first-order chi connectivity index (χ1) is 4.86. The van der Waals surface area contributed by atoms with Crippen LogP contribution in [0.5, 0.6) is 0 Å². The average molecular weight is 161 g/mol. The summed E-state index contributed by atoms with van der Waals surface area (Å²) in [5.41, 5.74) is 0.193. The van der Waals surface area contributed by atoms with Crippen LogP contribution in [0.3, 0.4) is 0 Å². The summed E-state index contributed by atoms with van der Waals surface area (Å²) in [4.78, 5) is 0. The van der Waals surface area contributed by atoms with Crippen molar-refractivity contribution in [3.05, 3.63) is 12.2 Å². The summed E-state index contributed by atoms with van der Waals surface area (Å²) in [6, 6.07) is 0. The lowest BCUT2D eigenvalue weighted by molar-refractivity contribution is -0.155. The second-order valence-electron chi connectivity index (χ2n) is 2.68. The van der Waals surface area contributed by atoms with Gasteiger partial charge < -0.3 is 15.3 Å². The predicted molar refractivity (Wildman–Crippen MR) is 41.7 cm³/mol. The molecule has 66 valence electrons. The molecule has 0 heterocycles. The van der Waals surface area contributed by atoms with Gasteiger partial charge in [0.15, 0.2) is 0 Å². The van der Waals surface area contributed by atoms with Crippen molar-refractivity contribution < 1.29 is 15.3 Å². The summed E-state index contributed by atoms with van der Waals surface area (Å²) in [6.45, 7) is 6.50. The number of aliphatic hydroxyl groups is 3. The van der Waals surface area contributed by atoms with Gasteiger partial charge >= 0.3 is 0 Å². The Morgan fingerprint density at radius 1 is 1.64 bits per heavy atom. The molecular weight excluding hydrogens is 146 g/mol. The van der Waals surface area contributed by atoms with Crippen LogP contribution in [0, 0.1) is 0 Å². The quantitative estimate of drug-likeness (QED) is 0.321. The van der Waals surface area contributed by atoms with Crippen LogP contribution in [0.25, 0.3) is 0 Å². The molecule has 1 atom stereocenters. The highest BCUT2D eigenvalue weighted by Gasteiger charge is 2.23. The lowest BCUT2D eigenvalue weighted by atomic mass is 10.2. The molecule has 11 heavy (non-hydrogen) atoms. The van der Waals surface area contributed by atoms with Crippen molar-refractivity contribution in [1.82, 2.24) is 5.32 Å². The van der Waals surface area contributed by atoms with Gasteiger partial charge in [-0.2, -0.15) is 0 Å². The Morgan fingerprint density at radius 2 is 2.09 bits per heavy atom. The maximum absolute atomic E-state index is 9.07. The summed E-state index contributed by atoms with van der Waals surface area (Å²) in [6.07, 6.45) is -0.618. The van der Waals surface area contributed by atoms with E-state index in [1.807, 2.05) is 0 Å². The van der Waals surface area contributed by atoms with Crippen LogP contribution in [-0.4, -0.2) is 33.9 Å². The molecule has 0 aromatic carbocycles. The van der Waals surface area contributed by atoms with Gasteiger partial charge in [-0.3, -0.25) is 5.32 Å². The van der Waals surface area contributed by atoms with E-state index in [0.29, 0.717) is 0 Å². The molecule has 0 aliphatic carbocycles. The van der Waals surface area contributed by atoms with Gasteiger partial charge in [0.2, 0.25) is 5.91 Å². The number of hydrogen-bond donors (Lipinski definition) is 4. The van der Waals surface area contributed by atoms with Gasteiger partial charge in [0.05, 0.1) is 6.10 Å². The van der Waals surface area contributed by atoms with Crippen LogP contribution >= 0.6 is 0 Å². The van der Waals surface area contributed by atoms with E-state index in [0.717, 1.165) is 0 Å². The molecule has 0 aromatic rings. The zero-order chi connectivity index (χ0) is 9.07. The minimum absolute atomic E-state index is 0.111. The van der Waals surface area contributed by atoms with Crippen molar-refractivity contribution in [2.45, 2.75) is 25.9 Å². The van der Waals surface area contributed by atoms with Gasteiger partial charge in [0.1, 0.15) is 0 Å². The average Bonchev–Trinajstić information content (AvgIpc) is 1.84. The first-order valence-corrected chi connectivity index (χ1v) is 3.40. The molecule has 0 radical (unpaired) electrons. The summed E-state index contributed by atoms with van der Waals surface area (Å²) in [7, 11) is 0. The van der Waals surface area contributed by atoms with Gasteiger partial charge in [-0.25, -0.2) is 0 Å². The Labute approximate surface area is 66.2 Å². The van der Waals surface area contributed by atoms with Crippen molar-refractivity contribution in [3.63, 3.8) is 0 Å². The van der Waals surface area contributed by atoms with E-state index in [1.165, 1.54) is 6.92 Å². The summed E-state index contributed by atoms with van der Waals surface area (Å²) >= 11 is 0. The van der Waals surface area contributed by atoms with E-state index in [-0.39, 0.29) is 12.1 Å². The maximum atomic E-state index is 9.07. The second-order valence-corrected chi connectivity index (χ2v) is 2.68. The van der Waals surface area contributed by atoms with E-state index in [1.54, 1.807) is 6.92 Å². The van der Waals surface area contributed by atoms with Crippen LogP contribution in [0.4, 0.5) is 0 Å². The fraction of sp³-hybridized carbons (Fsp3) is 0.714. The largest absolute Gasteiger partial charge is 0.392 e. The van der Waals surface area contributed by atoms with Crippen LogP contribution < -0.4 is 5.32 Å². The van der Waals surface area contributed by atoms with E-state index >= 15 is 0 Å². The molecule has 0 unspecified atom stereocenters. The third kappa shape index (κ3) is 4.10. The van der Waals surface area contributed by atoms with E-state index in [2.05, 4.69) is 11.9 Å². The number of aliphatic hydroxyl groups excluding tert-OH is 1. The molecule has 4 heteroatoms. The monoisotopic (exact) mass is 161 g/mol. The summed E-state index contributed by atoms with van der Waals surface area (Å²) in [5, 5.41) is 29.3. The molecule has 0 rings (SSSR count). The molecule has 0 amide bonds. The SMILES string of the molecule is C=C(C)C(O)(O)NC[C@@H](C)O. The third-order valence-electron chi connectivity index (χ3n) is 1.24. The minimum atomic E-state index is -2.07. The zero-order valence-electron chi connectivity index (χ0n) is 6.83. The van der Waals surface area contributed by atoms with Crippen molar-refractivity contribution in [1.29, 1.82) is 0 Å². The van der Waals surface area contributed by atoms with Gasteiger partial charge in [-0.15, -0.1) is 0 Å². The normalized spacial score (nSPS) is 14.6. The maximum Gasteiger partial charge on any atom is 0.246 e. The van der Waals surface area contributed by atoms with E-state index in [4.69, 9.17) is 15.3 Å². The number of rotatable bonds is 4. The Balaban J connectivity index is 3.83. The molecule has 0 fully saturated rings. The third-order valence-corrected chi connectivity index (χ3v) is 1.24. The molecule has 0 aliphatic heterocycles. The van der Waals surface area contributed by atoms with E-state index < -0.39 is 12.0 Å². The highest BCUT2D eigenvalue weighted by Crippen LogP contribution is 2.05. The van der Waals surface area contributed by atoms with Crippen LogP contribution in [0.15, 0.2) is 12.2 Å².